The average molecular weight is 541 g/mol. The van der Waals surface area contributed by atoms with Crippen molar-refractivity contribution in [1.29, 1.82) is 0 Å². The first-order valence-electron chi connectivity index (χ1n) is 15.6. The van der Waals surface area contributed by atoms with Crippen LogP contribution in [0.4, 0.5) is 13.2 Å². The van der Waals surface area contributed by atoms with Gasteiger partial charge in [-0.1, -0.05) is 56.9 Å². The van der Waals surface area contributed by atoms with Crippen LogP contribution in [0.1, 0.15) is 115 Å². The Morgan fingerprint density at radius 3 is 2.15 bits per heavy atom. The molecule has 2 saturated carbocycles. The number of ether oxygens (including phenoxy) is 1. The second-order valence-electron chi connectivity index (χ2n) is 11.9. The molecule has 2 aromatic rings. The van der Waals surface area contributed by atoms with Crippen molar-refractivity contribution >= 4 is 0 Å². The molecule has 0 N–H and O–H groups in total. The van der Waals surface area contributed by atoms with Gasteiger partial charge in [-0.25, -0.2) is 8.78 Å². The SMILES string of the molecule is CCCCCC1CCC(/C=C/CCC2CCC(c3ccc(-c4ccc(OCC)c(F)c4F)c(F)c3)CC2)CC1. The molecule has 0 heterocycles. The summed E-state index contributed by atoms with van der Waals surface area (Å²) in [6, 6.07) is 7.76. The van der Waals surface area contributed by atoms with Crippen molar-refractivity contribution in [1.82, 2.24) is 0 Å². The Balaban J connectivity index is 1.21. The third-order valence-corrected chi connectivity index (χ3v) is 9.21. The second kappa shape index (κ2) is 15.0. The van der Waals surface area contributed by atoms with Crippen LogP contribution >= 0.6 is 0 Å². The number of benzene rings is 2. The van der Waals surface area contributed by atoms with Crippen LogP contribution < -0.4 is 4.74 Å². The zero-order valence-electron chi connectivity index (χ0n) is 24.0. The summed E-state index contributed by atoms with van der Waals surface area (Å²) in [6.45, 7) is 4.22. The minimum atomic E-state index is -1.07. The molecule has 2 aromatic carbocycles. The van der Waals surface area contributed by atoms with E-state index in [4.69, 9.17) is 4.74 Å². The zero-order chi connectivity index (χ0) is 27.6. The fraction of sp³-hybridized carbons (Fsp3) is 0.600. The maximum atomic E-state index is 15.0. The third kappa shape index (κ3) is 8.14. The first kappa shape index (κ1) is 29.7. The summed E-state index contributed by atoms with van der Waals surface area (Å²) in [4.78, 5) is 0. The molecule has 0 radical (unpaired) electrons. The van der Waals surface area contributed by atoms with E-state index in [1.54, 1.807) is 13.0 Å². The van der Waals surface area contributed by atoms with Crippen molar-refractivity contribution in [3.05, 3.63) is 65.5 Å². The Labute approximate surface area is 234 Å². The monoisotopic (exact) mass is 540 g/mol. The minimum Gasteiger partial charge on any atom is -0.491 e. The highest BCUT2D eigenvalue weighted by Gasteiger charge is 2.24. The fourth-order valence-electron chi connectivity index (χ4n) is 6.77. The number of hydrogen-bond donors (Lipinski definition) is 0. The quantitative estimate of drug-likeness (QED) is 0.192. The molecule has 0 bridgehead atoms. The molecule has 4 heteroatoms. The lowest BCUT2D eigenvalue weighted by molar-refractivity contribution is 0.288. The number of rotatable bonds is 12. The van der Waals surface area contributed by atoms with Gasteiger partial charge in [0.05, 0.1) is 6.61 Å². The van der Waals surface area contributed by atoms with E-state index in [-0.39, 0.29) is 23.5 Å². The average Bonchev–Trinajstić information content (AvgIpc) is 2.95. The molecule has 0 aliphatic heterocycles. The first-order chi connectivity index (χ1) is 19.0. The molecule has 2 aliphatic carbocycles. The summed E-state index contributed by atoms with van der Waals surface area (Å²) in [7, 11) is 0. The molecule has 0 atom stereocenters. The van der Waals surface area contributed by atoms with Crippen LogP contribution in [-0.4, -0.2) is 6.61 Å². The lowest BCUT2D eigenvalue weighted by Gasteiger charge is -2.29. The normalized spacial score (nSPS) is 23.8. The third-order valence-electron chi connectivity index (χ3n) is 9.21. The highest BCUT2D eigenvalue weighted by Crippen LogP contribution is 2.40. The van der Waals surface area contributed by atoms with Gasteiger partial charge >= 0.3 is 0 Å². The van der Waals surface area contributed by atoms with E-state index in [9.17, 15) is 8.78 Å². The van der Waals surface area contributed by atoms with Crippen molar-refractivity contribution < 1.29 is 17.9 Å². The molecule has 0 spiro atoms. The van der Waals surface area contributed by atoms with Gasteiger partial charge in [0.2, 0.25) is 5.82 Å². The lowest BCUT2D eigenvalue weighted by Crippen LogP contribution is -2.14. The second-order valence-corrected chi connectivity index (χ2v) is 11.9. The minimum absolute atomic E-state index is 0.0724. The van der Waals surface area contributed by atoms with Gasteiger partial charge in [0.25, 0.3) is 0 Å². The summed E-state index contributed by atoms with van der Waals surface area (Å²) in [6.07, 6.45) is 22.9. The van der Waals surface area contributed by atoms with Gasteiger partial charge in [0.1, 0.15) is 5.82 Å². The molecule has 4 rings (SSSR count). The number of allylic oxidation sites excluding steroid dienone is 2. The summed E-state index contributed by atoms with van der Waals surface area (Å²) < 4.78 is 49.1. The molecule has 1 nitrogen and oxygen atoms in total. The number of hydrogen-bond acceptors (Lipinski definition) is 1. The van der Waals surface area contributed by atoms with Crippen LogP contribution in [-0.2, 0) is 0 Å². The molecule has 2 fully saturated rings. The molecule has 0 unspecified atom stereocenters. The van der Waals surface area contributed by atoms with Crippen LogP contribution in [0.5, 0.6) is 5.75 Å². The topological polar surface area (TPSA) is 9.23 Å². The van der Waals surface area contributed by atoms with Gasteiger partial charge in [-0.05, 0) is 119 Å². The van der Waals surface area contributed by atoms with Crippen LogP contribution in [0.3, 0.4) is 0 Å². The van der Waals surface area contributed by atoms with Crippen molar-refractivity contribution in [2.45, 2.75) is 110 Å². The first-order valence-corrected chi connectivity index (χ1v) is 15.6. The van der Waals surface area contributed by atoms with E-state index in [0.717, 1.165) is 36.2 Å². The summed E-state index contributed by atoms with van der Waals surface area (Å²) in [5, 5.41) is 0. The summed E-state index contributed by atoms with van der Waals surface area (Å²) >= 11 is 0. The van der Waals surface area contributed by atoms with E-state index in [1.807, 2.05) is 6.07 Å². The number of halogens is 3. The Bertz CT molecular complexity index is 1060. The van der Waals surface area contributed by atoms with Gasteiger partial charge in [-0.3, -0.25) is 0 Å². The van der Waals surface area contributed by atoms with Crippen molar-refractivity contribution in [2.24, 2.45) is 17.8 Å². The van der Waals surface area contributed by atoms with Crippen LogP contribution in [0, 0.1) is 35.2 Å². The van der Waals surface area contributed by atoms with Crippen LogP contribution in [0.25, 0.3) is 11.1 Å². The van der Waals surface area contributed by atoms with Crippen LogP contribution in [0.15, 0.2) is 42.5 Å². The fourth-order valence-corrected chi connectivity index (χ4v) is 6.77. The molecule has 0 saturated heterocycles. The summed E-state index contributed by atoms with van der Waals surface area (Å²) in [5.74, 6) is 0.0278. The van der Waals surface area contributed by atoms with Gasteiger partial charge in [-0.15, -0.1) is 0 Å². The van der Waals surface area contributed by atoms with E-state index in [0.29, 0.717) is 5.92 Å². The molecule has 2 aliphatic rings. The van der Waals surface area contributed by atoms with Crippen LogP contribution in [0.2, 0.25) is 0 Å². The van der Waals surface area contributed by atoms with Gasteiger partial charge in [0, 0.05) is 11.1 Å². The molecule has 0 amide bonds. The molecule has 0 aromatic heterocycles. The van der Waals surface area contributed by atoms with Crippen molar-refractivity contribution in [3.63, 3.8) is 0 Å². The highest BCUT2D eigenvalue weighted by molar-refractivity contribution is 5.66. The molecular weight excluding hydrogens is 493 g/mol. The predicted octanol–water partition coefficient (Wildman–Crippen LogP) is 11.2. The molecule has 214 valence electrons. The van der Waals surface area contributed by atoms with Gasteiger partial charge < -0.3 is 4.74 Å². The Morgan fingerprint density at radius 2 is 1.46 bits per heavy atom. The maximum Gasteiger partial charge on any atom is 0.201 e. The van der Waals surface area contributed by atoms with E-state index in [2.05, 4.69) is 19.1 Å². The Kier molecular flexibility index (Phi) is 11.4. The lowest BCUT2D eigenvalue weighted by atomic mass is 9.76. The number of unbranched alkanes of at least 4 members (excludes halogenated alkanes) is 2. The predicted molar refractivity (Wildman–Crippen MR) is 156 cm³/mol. The van der Waals surface area contributed by atoms with Crippen molar-refractivity contribution in [2.75, 3.05) is 6.61 Å². The largest absolute Gasteiger partial charge is 0.491 e. The Hall–Kier alpha value is -2.23. The molecule has 39 heavy (non-hydrogen) atoms. The smallest absolute Gasteiger partial charge is 0.201 e. The van der Waals surface area contributed by atoms with Gasteiger partial charge in [0.15, 0.2) is 11.6 Å². The molecular formula is C35H47F3O. The maximum absolute atomic E-state index is 15.0. The van der Waals surface area contributed by atoms with Gasteiger partial charge in [-0.2, -0.15) is 4.39 Å². The Morgan fingerprint density at radius 1 is 0.769 bits per heavy atom. The van der Waals surface area contributed by atoms with E-state index >= 15 is 4.39 Å². The van der Waals surface area contributed by atoms with Crippen molar-refractivity contribution in [3.8, 4) is 16.9 Å². The summed E-state index contributed by atoms with van der Waals surface area (Å²) in [5.41, 5.74) is 0.979. The van der Waals surface area contributed by atoms with E-state index < -0.39 is 17.5 Å². The van der Waals surface area contributed by atoms with E-state index in [1.165, 1.54) is 95.2 Å². The zero-order valence-corrected chi connectivity index (χ0v) is 24.0. The standard InChI is InChI=1S/C35H47F3O/c1-3-5-6-9-25-12-14-26(15-13-25)10-7-8-11-27-16-18-28(19-17-27)29-20-21-30(32(36)24-29)31-22-23-33(39-4-2)35(38)34(31)37/h7,10,20-28H,3-6,8-9,11-19H2,1-2H3/b10-7+. The highest BCUT2D eigenvalue weighted by atomic mass is 19.2.